The Bertz CT molecular complexity index is 739. The number of carbonyl (C=O) groups is 1. The molecule has 27 heavy (non-hydrogen) atoms. The minimum atomic E-state index is 0.719. The van der Waals surface area contributed by atoms with Crippen molar-refractivity contribution in [1.82, 2.24) is 20.1 Å². The zero-order valence-electron chi connectivity index (χ0n) is 15.6. The first-order chi connectivity index (χ1) is 13.3. The van der Waals surface area contributed by atoms with Crippen molar-refractivity contribution in [2.45, 2.75) is 19.3 Å². The van der Waals surface area contributed by atoms with E-state index in [2.05, 4.69) is 50.3 Å². The molecule has 0 aliphatic carbocycles. The summed E-state index contributed by atoms with van der Waals surface area (Å²) in [6.45, 7) is 4.98. The van der Waals surface area contributed by atoms with E-state index >= 15 is 0 Å². The summed E-state index contributed by atoms with van der Waals surface area (Å²) in [6.07, 6.45) is 6.10. The first-order valence-electron chi connectivity index (χ1n) is 9.75. The number of benzene rings is 1. The van der Waals surface area contributed by atoms with Gasteiger partial charge in [-0.05, 0) is 30.7 Å². The first-order valence-corrected chi connectivity index (χ1v) is 9.75. The summed E-state index contributed by atoms with van der Waals surface area (Å²) in [5.41, 5.74) is 1.42. The Hall–Kier alpha value is -2.70. The Labute approximate surface area is 160 Å². The van der Waals surface area contributed by atoms with Crippen molar-refractivity contribution in [2.24, 2.45) is 5.92 Å². The van der Waals surface area contributed by atoms with Gasteiger partial charge in [-0.1, -0.05) is 30.3 Å². The summed E-state index contributed by atoms with van der Waals surface area (Å²) in [7, 11) is 0. The van der Waals surface area contributed by atoms with Gasteiger partial charge >= 0.3 is 0 Å². The molecule has 7 heteroatoms. The van der Waals surface area contributed by atoms with Crippen LogP contribution < -0.4 is 9.80 Å². The Balaban J connectivity index is 1.34. The largest absolute Gasteiger partial charge is 0.352 e. The van der Waals surface area contributed by atoms with E-state index in [-0.39, 0.29) is 0 Å². The predicted octanol–water partition coefficient (Wildman–Crippen LogP) is 1.61. The number of nitrogens with zero attached hydrogens (tertiary/aromatic N) is 6. The van der Waals surface area contributed by atoms with Crippen LogP contribution in [0.3, 0.4) is 0 Å². The second-order valence-corrected chi connectivity index (χ2v) is 7.36. The van der Waals surface area contributed by atoms with E-state index in [0.717, 1.165) is 82.6 Å². The van der Waals surface area contributed by atoms with Gasteiger partial charge in [0.05, 0.1) is 6.20 Å². The molecule has 0 saturated carbocycles. The minimum Gasteiger partial charge on any atom is -0.352 e. The average Bonchev–Trinajstić information content (AvgIpc) is 2.75. The normalized spacial score (nSPS) is 18.6. The molecule has 0 radical (unpaired) electrons. The number of carbonyl (C=O) groups excluding carboxylic acids is 1. The van der Waals surface area contributed by atoms with Crippen LogP contribution in [0, 0.1) is 5.92 Å². The molecule has 0 unspecified atom stereocenters. The molecule has 2 aliphatic rings. The zero-order valence-corrected chi connectivity index (χ0v) is 15.6. The Morgan fingerprint density at radius 1 is 0.963 bits per heavy atom. The molecule has 0 spiro atoms. The highest BCUT2D eigenvalue weighted by Crippen LogP contribution is 2.24. The minimum absolute atomic E-state index is 0.719. The number of anilines is 2. The van der Waals surface area contributed by atoms with Crippen LogP contribution in [0.2, 0.25) is 0 Å². The molecule has 0 bridgehead atoms. The van der Waals surface area contributed by atoms with E-state index in [1.165, 1.54) is 5.56 Å². The van der Waals surface area contributed by atoms with E-state index in [4.69, 9.17) is 4.98 Å². The quantitative estimate of drug-likeness (QED) is 0.749. The van der Waals surface area contributed by atoms with Gasteiger partial charge in [-0.25, -0.2) is 0 Å². The van der Waals surface area contributed by atoms with E-state index in [9.17, 15) is 4.79 Å². The first kappa shape index (κ1) is 17.7. The Morgan fingerprint density at radius 3 is 2.41 bits per heavy atom. The molecule has 1 aromatic heterocycles. The van der Waals surface area contributed by atoms with Gasteiger partial charge in [0.15, 0.2) is 5.82 Å². The van der Waals surface area contributed by atoms with Gasteiger partial charge in [0.2, 0.25) is 12.4 Å². The summed E-state index contributed by atoms with van der Waals surface area (Å²) in [6, 6.07) is 10.7. The molecule has 1 aromatic carbocycles. The van der Waals surface area contributed by atoms with Crippen LogP contribution in [0.15, 0.2) is 36.5 Å². The number of rotatable bonds is 5. The Kier molecular flexibility index (Phi) is 5.46. The van der Waals surface area contributed by atoms with Crippen LogP contribution in [0.4, 0.5) is 11.8 Å². The third kappa shape index (κ3) is 4.35. The van der Waals surface area contributed by atoms with Gasteiger partial charge in [0.25, 0.3) is 0 Å². The highest BCUT2D eigenvalue weighted by Gasteiger charge is 2.23. The standard InChI is InChI=1S/C20H26N6O/c27-16-24-10-12-25(13-11-24)19-15-21-23-20(22-19)26-8-6-18(7-9-26)14-17-4-2-1-3-5-17/h1-5,15-16,18H,6-14H2. The summed E-state index contributed by atoms with van der Waals surface area (Å²) in [4.78, 5) is 21.8. The zero-order chi connectivity index (χ0) is 18.5. The number of amides is 1. The lowest BCUT2D eigenvalue weighted by Crippen LogP contribution is -2.46. The second-order valence-electron chi connectivity index (χ2n) is 7.36. The fourth-order valence-corrected chi connectivity index (χ4v) is 3.91. The molecule has 2 fully saturated rings. The van der Waals surface area contributed by atoms with Gasteiger partial charge in [0.1, 0.15) is 0 Å². The SMILES string of the molecule is O=CN1CCN(c2cnnc(N3CCC(Cc4ccccc4)CC3)n2)CC1. The molecule has 2 aliphatic heterocycles. The van der Waals surface area contributed by atoms with Crippen LogP contribution in [0.5, 0.6) is 0 Å². The highest BCUT2D eigenvalue weighted by molar-refractivity contribution is 5.49. The van der Waals surface area contributed by atoms with Gasteiger partial charge < -0.3 is 14.7 Å². The topological polar surface area (TPSA) is 65.5 Å². The van der Waals surface area contributed by atoms with E-state index in [1.807, 2.05) is 0 Å². The monoisotopic (exact) mass is 366 g/mol. The van der Waals surface area contributed by atoms with Gasteiger partial charge in [-0.15, -0.1) is 5.10 Å². The number of piperazine rings is 1. The number of hydrogen-bond donors (Lipinski definition) is 0. The van der Waals surface area contributed by atoms with Crippen molar-refractivity contribution in [3.63, 3.8) is 0 Å². The summed E-state index contributed by atoms with van der Waals surface area (Å²) in [5.74, 6) is 2.30. The summed E-state index contributed by atoms with van der Waals surface area (Å²) >= 11 is 0. The second kappa shape index (κ2) is 8.33. The maximum atomic E-state index is 10.9. The molecule has 1 amide bonds. The fraction of sp³-hybridized carbons (Fsp3) is 0.500. The van der Waals surface area contributed by atoms with Crippen molar-refractivity contribution >= 4 is 18.2 Å². The number of aromatic nitrogens is 3. The molecule has 3 heterocycles. The lowest BCUT2D eigenvalue weighted by Gasteiger charge is -2.34. The number of hydrogen-bond acceptors (Lipinski definition) is 6. The van der Waals surface area contributed by atoms with Gasteiger partial charge in [0, 0.05) is 39.3 Å². The third-order valence-corrected chi connectivity index (χ3v) is 5.59. The van der Waals surface area contributed by atoms with E-state index < -0.39 is 0 Å². The molecule has 2 saturated heterocycles. The predicted molar refractivity (Wildman–Crippen MR) is 105 cm³/mol. The van der Waals surface area contributed by atoms with Crippen LogP contribution >= 0.6 is 0 Å². The van der Waals surface area contributed by atoms with Gasteiger partial charge in [-0.3, -0.25) is 4.79 Å². The highest BCUT2D eigenvalue weighted by atomic mass is 16.1. The van der Waals surface area contributed by atoms with Crippen LogP contribution in [0.25, 0.3) is 0 Å². The maximum Gasteiger partial charge on any atom is 0.247 e. The summed E-state index contributed by atoms with van der Waals surface area (Å²) < 4.78 is 0. The molecule has 7 nitrogen and oxygen atoms in total. The molecular weight excluding hydrogens is 340 g/mol. The van der Waals surface area contributed by atoms with E-state index in [1.54, 1.807) is 11.1 Å². The molecule has 4 rings (SSSR count). The lowest BCUT2D eigenvalue weighted by atomic mass is 9.90. The van der Waals surface area contributed by atoms with Crippen LogP contribution in [-0.4, -0.2) is 65.8 Å². The van der Waals surface area contributed by atoms with Crippen molar-refractivity contribution in [3.8, 4) is 0 Å². The maximum absolute atomic E-state index is 10.9. The number of piperidine rings is 1. The van der Waals surface area contributed by atoms with Crippen molar-refractivity contribution < 1.29 is 4.79 Å². The van der Waals surface area contributed by atoms with Crippen LogP contribution in [0.1, 0.15) is 18.4 Å². The third-order valence-electron chi connectivity index (χ3n) is 5.59. The lowest BCUT2D eigenvalue weighted by molar-refractivity contribution is -0.118. The van der Waals surface area contributed by atoms with E-state index in [0.29, 0.717) is 0 Å². The Morgan fingerprint density at radius 2 is 1.70 bits per heavy atom. The smallest absolute Gasteiger partial charge is 0.247 e. The van der Waals surface area contributed by atoms with Gasteiger partial charge in [-0.2, -0.15) is 10.1 Å². The van der Waals surface area contributed by atoms with Crippen LogP contribution in [-0.2, 0) is 11.2 Å². The molecule has 2 aromatic rings. The molecule has 0 atom stereocenters. The molecule has 142 valence electrons. The van der Waals surface area contributed by atoms with Crippen molar-refractivity contribution in [3.05, 3.63) is 42.1 Å². The average molecular weight is 366 g/mol. The van der Waals surface area contributed by atoms with Crippen molar-refractivity contribution in [1.29, 1.82) is 0 Å². The fourth-order valence-electron chi connectivity index (χ4n) is 3.91. The molecular formula is C20H26N6O. The molecule has 0 N–H and O–H groups in total. The van der Waals surface area contributed by atoms with Crippen molar-refractivity contribution in [2.75, 3.05) is 49.1 Å². The summed E-state index contributed by atoms with van der Waals surface area (Å²) in [5, 5.41) is 8.45.